The zero-order chi connectivity index (χ0) is 18.8. The smallest absolute Gasteiger partial charge is 0.387 e. The van der Waals surface area contributed by atoms with Gasteiger partial charge in [-0.15, -0.1) is 0 Å². The van der Waals surface area contributed by atoms with Gasteiger partial charge in [0.05, 0.1) is 6.54 Å². The number of amides is 1. The highest BCUT2D eigenvalue weighted by molar-refractivity contribution is 5.94. The van der Waals surface area contributed by atoms with Crippen molar-refractivity contribution in [3.8, 4) is 5.75 Å². The number of hydrogen-bond acceptors (Lipinski definition) is 3. The zero-order valence-electron chi connectivity index (χ0n) is 14.3. The summed E-state index contributed by atoms with van der Waals surface area (Å²) < 4.78 is 30.8. The maximum Gasteiger partial charge on any atom is 0.387 e. The summed E-state index contributed by atoms with van der Waals surface area (Å²) in [5, 5.41) is 7.30. The summed E-state index contributed by atoms with van der Waals surface area (Å²) in [6.07, 6.45) is 2.20. The first-order valence-electron chi connectivity index (χ1n) is 8.54. The van der Waals surface area contributed by atoms with Gasteiger partial charge >= 0.3 is 6.61 Å². The first-order valence-corrected chi connectivity index (χ1v) is 8.54. The Balaban J connectivity index is 1.61. The minimum Gasteiger partial charge on any atom is -0.435 e. The van der Waals surface area contributed by atoms with Gasteiger partial charge in [0, 0.05) is 24.1 Å². The number of halogens is 2. The van der Waals surface area contributed by atoms with Gasteiger partial charge in [0.2, 0.25) is 5.91 Å². The van der Waals surface area contributed by atoms with Crippen LogP contribution in [0.25, 0.3) is 0 Å². The fourth-order valence-electron chi connectivity index (χ4n) is 3.30. The van der Waals surface area contributed by atoms with Gasteiger partial charge < -0.3 is 10.1 Å². The molecule has 1 N–H and O–H groups in total. The average molecular weight is 369 g/mol. The van der Waals surface area contributed by atoms with E-state index in [0.29, 0.717) is 12.4 Å². The van der Waals surface area contributed by atoms with Crippen LogP contribution in [0.5, 0.6) is 5.75 Å². The molecule has 0 saturated carbocycles. The van der Waals surface area contributed by atoms with Crippen LogP contribution in [0.15, 0.2) is 60.8 Å². The van der Waals surface area contributed by atoms with Crippen LogP contribution >= 0.6 is 0 Å². The lowest BCUT2D eigenvalue weighted by Gasteiger charge is -2.22. The van der Waals surface area contributed by atoms with Gasteiger partial charge in [-0.2, -0.15) is 13.9 Å². The SMILES string of the molecule is O=C1CC(c2ccc(OC(F)F)cc2)c2cn(Cc3ccccc3)nc2N1. The number of fused-ring (bicyclic) bond motifs is 1. The van der Waals surface area contributed by atoms with Crippen molar-refractivity contribution in [2.75, 3.05) is 5.32 Å². The Morgan fingerprint density at radius 2 is 1.89 bits per heavy atom. The molecule has 5 nitrogen and oxygen atoms in total. The van der Waals surface area contributed by atoms with E-state index in [1.54, 1.807) is 16.8 Å². The summed E-state index contributed by atoms with van der Waals surface area (Å²) in [4.78, 5) is 12.1. The molecule has 1 amide bonds. The topological polar surface area (TPSA) is 56.2 Å². The van der Waals surface area contributed by atoms with E-state index >= 15 is 0 Å². The first-order chi connectivity index (χ1) is 13.1. The van der Waals surface area contributed by atoms with Crippen molar-refractivity contribution in [1.82, 2.24) is 9.78 Å². The molecule has 138 valence electrons. The highest BCUT2D eigenvalue weighted by Gasteiger charge is 2.29. The summed E-state index contributed by atoms with van der Waals surface area (Å²) in [7, 11) is 0. The fourth-order valence-corrected chi connectivity index (χ4v) is 3.30. The Labute approximate surface area is 154 Å². The quantitative estimate of drug-likeness (QED) is 0.739. The highest BCUT2D eigenvalue weighted by Crippen LogP contribution is 2.37. The van der Waals surface area contributed by atoms with E-state index < -0.39 is 6.61 Å². The molecule has 0 saturated heterocycles. The van der Waals surface area contributed by atoms with Crippen molar-refractivity contribution in [1.29, 1.82) is 0 Å². The predicted octanol–water partition coefficient (Wildman–Crippen LogP) is 4.01. The number of nitrogens with zero attached hydrogens (tertiary/aromatic N) is 2. The van der Waals surface area contributed by atoms with Crippen LogP contribution in [0.4, 0.5) is 14.6 Å². The second-order valence-electron chi connectivity index (χ2n) is 6.37. The van der Waals surface area contributed by atoms with Gasteiger partial charge in [-0.05, 0) is 23.3 Å². The van der Waals surface area contributed by atoms with Gasteiger partial charge in [-0.3, -0.25) is 9.48 Å². The van der Waals surface area contributed by atoms with Crippen LogP contribution in [-0.2, 0) is 11.3 Å². The average Bonchev–Trinajstić information content (AvgIpc) is 3.04. The van der Waals surface area contributed by atoms with Crippen LogP contribution in [0.1, 0.15) is 29.0 Å². The Bertz CT molecular complexity index is 940. The fraction of sp³-hybridized carbons (Fsp3) is 0.200. The number of anilines is 1. The Kier molecular flexibility index (Phi) is 4.58. The van der Waals surface area contributed by atoms with Gasteiger partial charge in [0.15, 0.2) is 5.82 Å². The standard InChI is InChI=1S/C20H17F2N3O2/c21-20(22)27-15-8-6-14(7-9-15)16-10-18(26)23-19-17(16)12-25(24-19)11-13-4-2-1-3-5-13/h1-9,12,16,20H,10-11H2,(H,23,24,26). The van der Waals surface area contributed by atoms with Crippen molar-refractivity contribution in [2.45, 2.75) is 25.5 Å². The molecule has 2 aromatic carbocycles. The lowest BCUT2D eigenvalue weighted by molar-refractivity contribution is -0.116. The molecule has 0 bridgehead atoms. The first kappa shape index (κ1) is 17.2. The normalized spacial score (nSPS) is 16.1. The van der Waals surface area contributed by atoms with Crippen LogP contribution in [-0.4, -0.2) is 22.3 Å². The molecule has 1 aliphatic rings. The van der Waals surface area contributed by atoms with Crippen molar-refractivity contribution >= 4 is 11.7 Å². The molecule has 1 aliphatic heterocycles. The lowest BCUT2D eigenvalue weighted by atomic mass is 9.87. The summed E-state index contributed by atoms with van der Waals surface area (Å²) in [5.74, 6) is 0.332. The highest BCUT2D eigenvalue weighted by atomic mass is 19.3. The van der Waals surface area contributed by atoms with E-state index in [1.165, 1.54) is 12.1 Å². The minimum atomic E-state index is -2.86. The van der Waals surface area contributed by atoms with Crippen LogP contribution < -0.4 is 10.1 Å². The molecule has 7 heteroatoms. The van der Waals surface area contributed by atoms with Crippen molar-refractivity contribution in [2.24, 2.45) is 0 Å². The Hall–Kier alpha value is -3.22. The molecular formula is C20H17F2N3O2. The van der Waals surface area contributed by atoms with Gasteiger partial charge in [-0.25, -0.2) is 0 Å². The molecule has 4 rings (SSSR count). The number of carbonyl (C=O) groups is 1. The summed E-state index contributed by atoms with van der Waals surface area (Å²) in [6, 6.07) is 16.3. The van der Waals surface area contributed by atoms with Crippen LogP contribution in [0, 0.1) is 0 Å². The van der Waals surface area contributed by atoms with Crippen molar-refractivity contribution in [3.63, 3.8) is 0 Å². The van der Waals surface area contributed by atoms with E-state index in [9.17, 15) is 13.6 Å². The van der Waals surface area contributed by atoms with E-state index in [4.69, 9.17) is 0 Å². The number of benzene rings is 2. The van der Waals surface area contributed by atoms with Gasteiger partial charge in [0.25, 0.3) is 0 Å². The second kappa shape index (κ2) is 7.19. The van der Waals surface area contributed by atoms with Gasteiger partial charge in [-0.1, -0.05) is 42.5 Å². The third kappa shape index (κ3) is 3.81. The maximum absolute atomic E-state index is 12.3. The van der Waals surface area contributed by atoms with E-state index in [0.717, 1.165) is 16.7 Å². The molecule has 0 radical (unpaired) electrons. The second-order valence-corrected chi connectivity index (χ2v) is 6.37. The number of aromatic nitrogens is 2. The summed E-state index contributed by atoms with van der Waals surface area (Å²) in [6.45, 7) is -2.27. The maximum atomic E-state index is 12.3. The molecule has 0 spiro atoms. The lowest BCUT2D eigenvalue weighted by Crippen LogP contribution is -2.22. The number of rotatable bonds is 5. The monoisotopic (exact) mass is 369 g/mol. The number of alkyl halides is 2. The summed E-state index contributed by atoms with van der Waals surface area (Å²) >= 11 is 0. The third-order valence-electron chi connectivity index (χ3n) is 4.51. The number of ether oxygens (including phenoxy) is 1. The molecule has 1 atom stereocenters. The molecule has 0 aliphatic carbocycles. The summed E-state index contributed by atoms with van der Waals surface area (Å²) in [5.41, 5.74) is 2.87. The van der Waals surface area contributed by atoms with E-state index in [-0.39, 0.29) is 24.0 Å². The molecule has 27 heavy (non-hydrogen) atoms. The van der Waals surface area contributed by atoms with Crippen LogP contribution in [0.3, 0.4) is 0 Å². The molecule has 3 aromatic rings. The van der Waals surface area contributed by atoms with Crippen LogP contribution in [0.2, 0.25) is 0 Å². The van der Waals surface area contributed by atoms with E-state index in [2.05, 4.69) is 15.2 Å². The number of hydrogen-bond donors (Lipinski definition) is 1. The zero-order valence-corrected chi connectivity index (χ0v) is 14.3. The number of carbonyl (C=O) groups excluding carboxylic acids is 1. The van der Waals surface area contributed by atoms with Gasteiger partial charge in [0.1, 0.15) is 5.75 Å². The molecule has 0 fully saturated rings. The Morgan fingerprint density at radius 1 is 1.15 bits per heavy atom. The molecule has 1 unspecified atom stereocenters. The predicted molar refractivity (Wildman–Crippen MR) is 95.9 cm³/mol. The number of nitrogens with one attached hydrogen (secondary N) is 1. The van der Waals surface area contributed by atoms with E-state index in [1.807, 2.05) is 36.5 Å². The molecule has 1 aromatic heterocycles. The van der Waals surface area contributed by atoms with Crippen molar-refractivity contribution < 1.29 is 18.3 Å². The molecular weight excluding hydrogens is 352 g/mol. The third-order valence-corrected chi connectivity index (χ3v) is 4.51. The molecule has 2 heterocycles. The minimum absolute atomic E-state index is 0.0917. The Morgan fingerprint density at radius 3 is 2.59 bits per heavy atom. The largest absolute Gasteiger partial charge is 0.435 e. The van der Waals surface area contributed by atoms with Crippen molar-refractivity contribution in [3.05, 3.63) is 77.5 Å².